The second-order valence-corrected chi connectivity index (χ2v) is 3.46. The van der Waals surface area contributed by atoms with Gasteiger partial charge in [-0.1, -0.05) is 13.2 Å². The monoisotopic (exact) mass is 252 g/mol. The van der Waals surface area contributed by atoms with Crippen molar-refractivity contribution in [2.75, 3.05) is 27.1 Å². The molecule has 0 aromatic carbocycles. The molecule has 0 aromatic heterocycles. The molecule has 0 heterocycles. The van der Waals surface area contributed by atoms with Gasteiger partial charge < -0.3 is 19.3 Å². The van der Waals surface area contributed by atoms with Crippen LogP contribution in [0.4, 0.5) is 8.78 Å². The van der Waals surface area contributed by atoms with Crippen LogP contribution in [0, 0.1) is 0 Å². The van der Waals surface area contributed by atoms with Crippen molar-refractivity contribution in [3.8, 4) is 0 Å². The molecule has 1 unspecified atom stereocenters. The molecule has 0 aliphatic rings. The van der Waals surface area contributed by atoms with Crippen LogP contribution < -0.4 is 0 Å². The van der Waals surface area contributed by atoms with Crippen LogP contribution in [0.15, 0.2) is 24.5 Å². The van der Waals surface area contributed by atoms with Crippen LogP contribution in [0.25, 0.3) is 0 Å². The van der Waals surface area contributed by atoms with Gasteiger partial charge >= 0.3 is 5.92 Å². The van der Waals surface area contributed by atoms with Crippen molar-refractivity contribution in [1.82, 2.24) is 0 Å². The van der Waals surface area contributed by atoms with Gasteiger partial charge in [-0.3, -0.25) is 0 Å². The Kier molecular flexibility index (Phi) is 6.94. The quantitative estimate of drug-likeness (QED) is 0.294. The Bertz CT molecular complexity index is 266. The number of halogens is 2. The second kappa shape index (κ2) is 7.37. The summed E-state index contributed by atoms with van der Waals surface area (Å²) in [5.41, 5.74) is -0.0694. The Labute approximate surface area is 99.5 Å². The van der Waals surface area contributed by atoms with E-state index in [1.165, 1.54) is 14.0 Å². The third kappa shape index (κ3) is 5.25. The van der Waals surface area contributed by atoms with Crippen molar-refractivity contribution in [3.63, 3.8) is 0 Å². The molecule has 0 saturated heterocycles. The van der Waals surface area contributed by atoms with Gasteiger partial charge in [-0.25, -0.2) is 0 Å². The van der Waals surface area contributed by atoms with Crippen LogP contribution in [0.1, 0.15) is 6.92 Å². The summed E-state index contributed by atoms with van der Waals surface area (Å²) in [7, 11) is 1.49. The van der Waals surface area contributed by atoms with Gasteiger partial charge in [-0.05, 0) is 12.5 Å². The zero-order chi connectivity index (χ0) is 13.5. The molecular weight excluding hydrogens is 234 g/mol. The largest absolute Gasteiger partial charge is 0.466 e. The molecule has 0 aliphatic carbocycles. The molecule has 0 radical (unpaired) electrons. The molecule has 4 nitrogen and oxygen atoms in total. The van der Waals surface area contributed by atoms with Gasteiger partial charge in [-0.15, -0.1) is 0 Å². The minimum atomic E-state index is -3.59. The van der Waals surface area contributed by atoms with E-state index in [4.69, 9.17) is 4.74 Å². The molecule has 0 saturated carbocycles. The van der Waals surface area contributed by atoms with E-state index in [1.54, 1.807) is 0 Å². The first-order valence-corrected chi connectivity index (χ1v) is 4.94. The van der Waals surface area contributed by atoms with Gasteiger partial charge in [0, 0.05) is 7.11 Å². The molecule has 0 amide bonds. The minimum Gasteiger partial charge on any atom is -0.466 e. The van der Waals surface area contributed by atoms with Crippen LogP contribution in [0.5, 0.6) is 0 Å². The molecule has 0 spiro atoms. The van der Waals surface area contributed by atoms with Gasteiger partial charge in [0.25, 0.3) is 0 Å². The maximum absolute atomic E-state index is 13.4. The molecular formula is C11H18F2O4. The average molecular weight is 252 g/mol. The lowest BCUT2D eigenvalue weighted by Crippen LogP contribution is -2.37. The van der Waals surface area contributed by atoms with E-state index in [-0.39, 0.29) is 19.0 Å². The van der Waals surface area contributed by atoms with E-state index in [1.807, 2.05) is 0 Å². The molecule has 6 heteroatoms. The number of aliphatic hydroxyl groups is 1. The number of hydrogen-bond donors (Lipinski definition) is 1. The van der Waals surface area contributed by atoms with Crippen LogP contribution in [0.3, 0.4) is 0 Å². The van der Waals surface area contributed by atoms with Crippen LogP contribution in [0.2, 0.25) is 0 Å². The Morgan fingerprint density at radius 1 is 1.35 bits per heavy atom. The van der Waals surface area contributed by atoms with E-state index < -0.39 is 17.8 Å². The van der Waals surface area contributed by atoms with Crippen LogP contribution >= 0.6 is 0 Å². The molecule has 100 valence electrons. The van der Waals surface area contributed by atoms with Crippen molar-refractivity contribution in [2.24, 2.45) is 0 Å². The zero-order valence-corrected chi connectivity index (χ0v) is 10.0. The summed E-state index contributed by atoms with van der Waals surface area (Å²) in [5.74, 6) is -4.44. The van der Waals surface area contributed by atoms with Crippen molar-refractivity contribution in [2.45, 2.75) is 19.0 Å². The van der Waals surface area contributed by atoms with Gasteiger partial charge in [0.15, 0.2) is 12.6 Å². The number of rotatable bonds is 9. The smallest absolute Gasteiger partial charge is 0.332 e. The Morgan fingerprint density at radius 3 is 2.41 bits per heavy atom. The first-order chi connectivity index (χ1) is 7.84. The molecule has 17 heavy (non-hydrogen) atoms. The molecule has 0 aromatic rings. The average Bonchev–Trinajstić information content (AvgIpc) is 2.27. The van der Waals surface area contributed by atoms with Crippen molar-refractivity contribution in [3.05, 3.63) is 24.5 Å². The van der Waals surface area contributed by atoms with Crippen molar-refractivity contribution >= 4 is 0 Å². The summed E-state index contributed by atoms with van der Waals surface area (Å²) >= 11 is 0. The van der Waals surface area contributed by atoms with Crippen molar-refractivity contribution < 1.29 is 28.1 Å². The molecule has 0 bridgehead atoms. The van der Waals surface area contributed by atoms with E-state index in [0.29, 0.717) is 6.61 Å². The maximum atomic E-state index is 13.4. The standard InChI is InChI=1S/C11H18F2O4/c1-8(2)10(14)11(12,13)9(3)17-7-16-6-5-15-4/h10,14H,1,3,5-7H2,2,4H3. The van der Waals surface area contributed by atoms with E-state index >= 15 is 0 Å². The highest BCUT2D eigenvalue weighted by molar-refractivity contribution is 5.13. The van der Waals surface area contributed by atoms with Gasteiger partial charge in [-0.2, -0.15) is 8.78 Å². The fourth-order valence-corrected chi connectivity index (χ4v) is 0.872. The predicted molar refractivity (Wildman–Crippen MR) is 58.7 cm³/mol. The summed E-state index contributed by atoms with van der Waals surface area (Å²) in [5, 5.41) is 9.21. The highest BCUT2D eigenvalue weighted by Gasteiger charge is 2.43. The maximum Gasteiger partial charge on any atom is 0.332 e. The highest BCUT2D eigenvalue weighted by Crippen LogP contribution is 2.30. The summed E-state index contributed by atoms with van der Waals surface area (Å²) in [6.45, 7) is 7.79. The lowest BCUT2D eigenvalue weighted by atomic mass is 10.1. The number of hydrogen-bond acceptors (Lipinski definition) is 4. The molecule has 0 aliphatic heterocycles. The number of aliphatic hydroxyl groups excluding tert-OH is 1. The van der Waals surface area contributed by atoms with E-state index in [0.717, 1.165) is 0 Å². The number of methoxy groups -OCH3 is 1. The van der Waals surface area contributed by atoms with Gasteiger partial charge in [0.05, 0.1) is 13.2 Å². The summed E-state index contributed by atoms with van der Waals surface area (Å²) in [6, 6.07) is 0. The Hall–Kier alpha value is -0.980. The summed E-state index contributed by atoms with van der Waals surface area (Å²) < 4.78 is 41.0. The third-order valence-electron chi connectivity index (χ3n) is 1.93. The lowest BCUT2D eigenvalue weighted by Gasteiger charge is -2.24. The third-order valence-corrected chi connectivity index (χ3v) is 1.93. The van der Waals surface area contributed by atoms with Crippen molar-refractivity contribution in [1.29, 1.82) is 0 Å². The Balaban J connectivity index is 4.08. The summed E-state index contributed by atoms with van der Waals surface area (Å²) in [6.07, 6.45) is -2.02. The first-order valence-electron chi connectivity index (χ1n) is 4.94. The number of ether oxygens (including phenoxy) is 3. The predicted octanol–water partition coefficient (Wildman–Crippen LogP) is 1.71. The zero-order valence-electron chi connectivity index (χ0n) is 10.0. The fraction of sp³-hybridized carbons (Fsp3) is 0.636. The fourth-order valence-electron chi connectivity index (χ4n) is 0.872. The van der Waals surface area contributed by atoms with Gasteiger partial charge in [0.1, 0.15) is 6.10 Å². The van der Waals surface area contributed by atoms with E-state index in [9.17, 15) is 13.9 Å². The minimum absolute atomic E-state index is 0.0694. The Morgan fingerprint density at radius 2 is 1.94 bits per heavy atom. The molecule has 0 rings (SSSR count). The lowest BCUT2D eigenvalue weighted by molar-refractivity contribution is -0.125. The number of alkyl halides is 2. The molecule has 1 atom stereocenters. The molecule has 1 N–H and O–H groups in total. The SMILES string of the molecule is C=C(C)C(O)C(F)(F)C(=C)OCOCCOC. The topological polar surface area (TPSA) is 47.9 Å². The summed E-state index contributed by atoms with van der Waals surface area (Å²) in [4.78, 5) is 0. The van der Waals surface area contributed by atoms with Crippen LogP contribution in [-0.2, 0) is 14.2 Å². The second-order valence-electron chi connectivity index (χ2n) is 3.46. The normalized spacial score (nSPS) is 13.2. The van der Waals surface area contributed by atoms with Crippen LogP contribution in [-0.4, -0.2) is 44.2 Å². The van der Waals surface area contributed by atoms with Gasteiger partial charge in [0.2, 0.25) is 0 Å². The molecule has 0 fully saturated rings. The first kappa shape index (κ1) is 16.0. The highest BCUT2D eigenvalue weighted by atomic mass is 19.3. The van der Waals surface area contributed by atoms with E-state index in [2.05, 4.69) is 22.6 Å².